The molecule has 1 aromatic carbocycles. The van der Waals surface area contributed by atoms with Gasteiger partial charge in [0.15, 0.2) is 11.9 Å². The summed E-state index contributed by atoms with van der Waals surface area (Å²) in [7, 11) is 0. The Morgan fingerprint density at radius 1 is 1.06 bits per heavy atom. The third-order valence-corrected chi connectivity index (χ3v) is 7.66. The van der Waals surface area contributed by atoms with Crippen LogP contribution in [0, 0.1) is 23.2 Å². The van der Waals surface area contributed by atoms with Gasteiger partial charge in [0, 0.05) is 5.41 Å². The van der Waals surface area contributed by atoms with Gasteiger partial charge in [-0.3, -0.25) is 24.3 Å². The molecule has 0 saturated heterocycles. The standard InChI is InChI=1S/C24H28N2O5/c1-14(21(28)24-11-15-8-16(12-24)10-17(9-15)13-24)31-20(27)6-7-26-23(30)19-5-3-2-4-18(19)22(29)25-26/h2-5,14-17H,6-13H2,1H3,(H,25,29). The molecule has 4 aliphatic rings. The molecule has 4 saturated carbocycles. The summed E-state index contributed by atoms with van der Waals surface area (Å²) in [4.78, 5) is 50.5. The number of H-pyrrole nitrogens is 1. The van der Waals surface area contributed by atoms with Crippen molar-refractivity contribution in [2.24, 2.45) is 23.2 Å². The SMILES string of the molecule is CC(OC(=O)CCn1[nH]c(=O)c2ccccc2c1=O)C(=O)C12CC3CC(CC(C3)C1)C2. The quantitative estimate of drug-likeness (QED) is 0.719. The molecule has 0 aliphatic heterocycles. The number of carbonyl (C=O) groups excluding carboxylic acids is 2. The number of nitrogens with one attached hydrogen (secondary N) is 1. The summed E-state index contributed by atoms with van der Waals surface area (Å²) >= 11 is 0. The van der Waals surface area contributed by atoms with Gasteiger partial charge < -0.3 is 4.74 Å². The van der Waals surface area contributed by atoms with E-state index < -0.39 is 12.1 Å². The molecule has 7 heteroatoms. The van der Waals surface area contributed by atoms with E-state index in [2.05, 4.69) is 5.10 Å². The molecule has 31 heavy (non-hydrogen) atoms. The number of hydrogen-bond acceptors (Lipinski definition) is 5. The maximum atomic E-state index is 13.3. The van der Waals surface area contributed by atoms with Crippen molar-refractivity contribution >= 4 is 22.5 Å². The molecule has 4 fully saturated rings. The Kier molecular flexibility index (Phi) is 4.87. The molecular formula is C24H28N2O5. The summed E-state index contributed by atoms with van der Waals surface area (Å²) in [5.74, 6) is 1.47. The molecule has 1 atom stereocenters. The van der Waals surface area contributed by atoms with Gasteiger partial charge in [0.05, 0.1) is 23.7 Å². The Labute approximate surface area is 179 Å². The van der Waals surface area contributed by atoms with Crippen LogP contribution in [0.25, 0.3) is 10.8 Å². The van der Waals surface area contributed by atoms with E-state index in [-0.39, 0.29) is 35.3 Å². The van der Waals surface area contributed by atoms with Crippen LogP contribution in [0.1, 0.15) is 51.9 Å². The van der Waals surface area contributed by atoms with E-state index in [1.165, 1.54) is 19.3 Å². The lowest BCUT2D eigenvalue weighted by molar-refractivity contribution is -0.165. The fraction of sp³-hybridized carbons (Fsp3) is 0.583. The Morgan fingerprint density at radius 2 is 1.65 bits per heavy atom. The van der Waals surface area contributed by atoms with Crippen LogP contribution >= 0.6 is 0 Å². The molecule has 1 aromatic heterocycles. The number of aromatic amines is 1. The Bertz CT molecular complexity index is 1130. The maximum absolute atomic E-state index is 13.3. The predicted molar refractivity (Wildman–Crippen MR) is 115 cm³/mol. The zero-order chi connectivity index (χ0) is 21.8. The number of aryl methyl sites for hydroxylation is 1. The minimum absolute atomic E-state index is 0.00395. The van der Waals surface area contributed by atoms with Gasteiger partial charge in [0.25, 0.3) is 11.1 Å². The minimum atomic E-state index is -0.781. The zero-order valence-electron chi connectivity index (χ0n) is 17.8. The van der Waals surface area contributed by atoms with Crippen LogP contribution in [0.5, 0.6) is 0 Å². The van der Waals surface area contributed by atoms with Crippen LogP contribution in [0.3, 0.4) is 0 Å². The second kappa shape index (κ2) is 7.46. The highest BCUT2D eigenvalue weighted by atomic mass is 16.5. The lowest BCUT2D eigenvalue weighted by atomic mass is 9.48. The van der Waals surface area contributed by atoms with Gasteiger partial charge in [-0.2, -0.15) is 0 Å². The van der Waals surface area contributed by atoms with Crippen LogP contribution in [-0.2, 0) is 20.9 Å². The number of benzene rings is 1. The second-order valence-electron chi connectivity index (χ2n) is 9.89. The van der Waals surface area contributed by atoms with Crippen molar-refractivity contribution in [3.63, 3.8) is 0 Å². The fourth-order valence-electron chi connectivity index (χ4n) is 6.76. The first-order chi connectivity index (χ1) is 14.8. The van der Waals surface area contributed by atoms with Crippen molar-refractivity contribution in [1.82, 2.24) is 9.78 Å². The lowest BCUT2D eigenvalue weighted by Crippen LogP contribution is -2.52. The molecule has 0 radical (unpaired) electrons. The van der Waals surface area contributed by atoms with E-state index in [1.54, 1.807) is 31.2 Å². The summed E-state index contributed by atoms with van der Waals surface area (Å²) < 4.78 is 6.62. The van der Waals surface area contributed by atoms with Crippen LogP contribution < -0.4 is 11.1 Å². The molecule has 1 heterocycles. The first-order valence-electron chi connectivity index (χ1n) is 11.3. The predicted octanol–water partition coefficient (Wildman–Crippen LogP) is 2.80. The van der Waals surface area contributed by atoms with Crippen molar-refractivity contribution in [3.8, 4) is 0 Å². The molecular weight excluding hydrogens is 396 g/mol. The van der Waals surface area contributed by atoms with Crippen molar-refractivity contribution < 1.29 is 14.3 Å². The Hall–Kier alpha value is -2.70. The summed E-state index contributed by atoms with van der Waals surface area (Å²) in [5, 5.41) is 3.14. The number of ketones is 1. The van der Waals surface area contributed by atoms with Gasteiger partial charge in [-0.05, 0) is 75.3 Å². The monoisotopic (exact) mass is 424 g/mol. The first-order valence-corrected chi connectivity index (χ1v) is 11.3. The smallest absolute Gasteiger partial charge is 0.308 e. The number of fused-ring (bicyclic) bond motifs is 1. The highest BCUT2D eigenvalue weighted by molar-refractivity contribution is 5.90. The third-order valence-electron chi connectivity index (χ3n) is 7.66. The number of Topliss-reactive ketones (excluding diaryl/α,β-unsaturated/α-hetero) is 1. The average molecular weight is 424 g/mol. The molecule has 1 unspecified atom stereocenters. The number of carbonyl (C=O) groups is 2. The average Bonchev–Trinajstić information content (AvgIpc) is 2.74. The third kappa shape index (κ3) is 3.54. The van der Waals surface area contributed by atoms with Crippen molar-refractivity contribution in [3.05, 3.63) is 45.0 Å². The number of hydrogen-bond donors (Lipinski definition) is 1. The molecule has 0 amide bonds. The maximum Gasteiger partial charge on any atom is 0.308 e. The second-order valence-corrected chi connectivity index (χ2v) is 9.89. The van der Waals surface area contributed by atoms with Crippen molar-refractivity contribution in [2.45, 2.75) is 64.5 Å². The summed E-state index contributed by atoms with van der Waals surface area (Å²) in [5.41, 5.74) is -1.05. The topological polar surface area (TPSA) is 98.2 Å². The lowest BCUT2D eigenvalue weighted by Gasteiger charge is -2.56. The van der Waals surface area contributed by atoms with E-state index in [4.69, 9.17) is 4.74 Å². The first kappa shape index (κ1) is 20.2. The minimum Gasteiger partial charge on any atom is -0.455 e. The van der Waals surface area contributed by atoms with Crippen molar-refractivity contribution in [1.29, 1.82) is 0 Å². The van der Waals surface area contributed by atoms with E-state index in [1.807, 2.05) is 0 Å². The molecule has 164 valence electrons. The van der Waals surface area contributed by atoms with Gasteiger partial charge >= 0.3 is 5.97 Å². The molecule has 4 aliphatic carbocycles. The zero-order valence-corrected chi connectivity index (χ0v) is 17.8. The van der Waals surface area contributed by atoms with Gasteiger partial charge in [-0.25, -0.2) is 4.68 Å². The highest BCUT2D eigenvalue weighted by Gasteiger charge is 2.55. The van der Waals surface area contributed by atoms with Crippen LogP contribution in [0.4, 0.5) is 0 Å². The van der Waals surface area contributed by atoms with Crippen molar-refractivity contribution in [2.75, 3.05) is 0 Å². The summed E-state index contributed by atoms with van der Waals surface area (Å²) in [6.07, 6.45) is 5.69. The Balaban J connectivity index is 1.24. The number of esters is 1. The number of aromatic nitrogens is 2. The number of rotatable bonds is 6. The molecule has 4 bridgehead atoms. The normalized spacial score (nSPS) is 29.8. The van der Waals surface area contributed by atoms with Gasteiger partial charge in [0.2, 0.25) is 0 Å². The van der Waals surface area contributed by atoms with Gasteiger partial charge in [-0.1, -0.05) is 12.1 Å². The van der Waals surface area contributed by atoms with Gasteiger partial charge in [0.1, 0.15) is 0 Å². The Morgan fingerprint density at radius 3 is 2.26 bits per heavy atom. The van der Waals surface area contributed by atoms with Crippen LogP contribution in [-0.4, -0.2) is 27.6 Å². The summed E-state index contributed by atoms with van der Waals surface area (Å²) in [6.45, 7) is 1.67. The van der Waals surface area contributed by atoms with Gasteiger partial charge in [-0.15, -0.1) is 0 Å². The fourth-order valence-corrected chi connectivity index (χ4v) is 6.76. The molecule has 7 nitrogen and oxygen atoms in total. The van der Waals surface area contributed by atoms with E-state index in [0.717, 1.165) is 23.9 Å². The van der Waals surface area contributed by atoms with E-state index >= 15 is 0 Å². The molecule has 1 N–H and O–H groups in total. The number of ether oxygens (including phenoxy) is 1. The highest BCUT2D eigenvalue weighted by Crippen LogP contribution is 2.60. The van der Waals surface area contributed by atoms with E-state index in [0.29, 0.717) is 28.5 Å². The molecule has 2 aromatic rings. The van der Waals surface area contributed by atoms with E-state index in [9.17, 15) is 19.2 Å². The molecule has 6 rings (SSSR count). The van der Waals surface area contributed by atoms with Crippen LogP contribution in [0.15, 0.2) is 33.9 Å². The largest absolute Gasteiger partial charge is 0.455 e. The number of nitrogens with zero attached hydrogens (tertiary/aromatic N) is 1. The summed E-state index contributed by atoms with van der Waals surface area (Å²) in [6, 6.07) is 6.57. The van der Waals surface area contributed by atoms with Crippen LogP contribution in [0.2, 0.25) is 0 Å². The molecule has 0 spiro atoms.